The summed E-state index contributed by atoms with van der Waals surface area (Å²) in [6, 6.07) is 0. The van der Waals surface area contributed by atoms with Crippen LogP contribution in [-0.4, -0.2) is 32.4 Å². The molecule has 0 aromatic rings. The quantitative estimate of drug-likeness (QED) is 0.542. The number of nitrogens with one attached hydrogen (secondary N) is 1. The van der Waals surface area contributed by atoms with Crippen LogP contribution in [0.5, 0.6) is 0 Å². The lowest BCUT2D eigenvalue weighted by Crippen LogP contribution is -2.27. The van der Waals surface area contributed by atoms with Crippen LogP contribution in [-0.2, 0) is 10.0 Å². The zero-order valence-electron chi connectivity index (χ0n) is 5.46. The fourth-order valence-corrected chi connectivity index (χ4v) is 1.20. The smallest absolute Gasteiger partial charge is 0.213 e. The van der Waals surface area contributed by atoms with E-state index in [0.29, 0.717) is 0 Å². The molecule has 0 aliphatic carbocycles. The molecule has 0 bridgehead atoms. The molecular weight excluding hydrogens is 142 g/mol. The van der Waals surface area contributed by atoms with Gasteiger partial charge in [0.2, 0.25) is 10.0 Å². The van der Waals surface area contributed by atoms with Gasteiger partial charge in [0, 0.05) is 0 Å². The van der Waals surface area contributed by atoms with Crippen molar-refractivity contribution in [1.82, 2.24) is 4.72 Å². The van der Waals surface area contributed by atoms with E-state index in [9.17, 15) is 8.42 Å². The second-order valence-electron chi connectivity index (χ2n) is 1.83. The molecular formula is C4H11NO3S. The predicted octanol–water partition coefficient (Wildman–Crippen LogP) is -1.08. The molecule has 1 atom stereocenters. The van der Waals surface area contributed by atoms with E-state index < -0.39 is 16.1 Å². The molecule has 0 saturated heterocycles. The molecule has 4 nitrogen and oxygen atoms in total. The van der Waals surface area contributed by atoms with Gasteiger partial charge in [0.1, 0.15) is 0 Å². The van der Waals surface area contributed by atoms with Crippen LogP contribution in [0.1, 0.15) is 6.92 Å². The van der Waals surface area contributed by atoms with Crippen LogP contribution in [0.3, 0.4) is 0 Å². The third-order valence-electron chi connectivity index (χ3n) is 0.772. The lowest BCUT2D eigenvalue weighted by molar-refractivity contribution is 0.218. The van der Waals surface area contributed by atoms with Gasteiger partial charge in [0.05, 0.1) is 11.9 Å². The lowest BCUT2D eigenvalue weighted by atomic mass is 10.5. The van der Waals surface area contributed by atoms with Gasteiger partial charge in [-0.2, -0.15) is 0 Å². The monoisotopic (exact) mass is 153 g/mol. The van der Waals surface area contributed by atoms with Crippen LogP contribution in [0.4, 0.5) is 0 Å². The van der Waals surface area contributed by atoms with Crippen molar-refractivity contribution in [2.75, 3.05) is 12.8 Å². The van der Waals surface area contributed by atoms with Crippen LogP contribution in [0.15, 0.2) is 0 Å². The summed E-state index contributed by atoms with van der Waals surface area (Å²) >= 11 is 0. The van der Waals surface area contributed by atoms with Gasteiger partial charge in [0.25, 0.3) is 0 Å². The van der Waals surface area contributed by atoms with Gasteiger partial charge in [-0.1, -0.05) is 0 Å². The standard InChI is InChI=1S/C4H11NO3S/c1-4(6)3-9(7,8)5-2/h4-6H,3H2,1-2H3/t4-/m1/s1. The highest BCUT2D eigenvalue weighted by Crippen LogP contribution is 1.86. The topological polar surface area (TPSA) is 66.4 Å². The van der Waals surface area contributed by atoms with E-state index in [1.165, 1.54) is 14.0 Å². The highest BCUT2D eigenvalue weighted by Gasteiger charge is 2.09. The molecule has 5 heteroatoms. The maximum absolute atomic E-state index is 10.5. The Kier molecular flexibility index (Phi) is 3.10. The Hall–Kier alpha value is -0.130. The maximum atomic E-state index is 10.5. The molecule has 0 amide bonds. The van der Waals surface area contributed by atoms with E-state index in [1.54, 1.807) is 0 Å². The summed E-state index contributed by atoms with van der Waals surface area (Å²) in [5.74, 6) is -0.233. The van der Waals surface area contributed by atoms with Gasteiger partial charge < -0.3 is 5.11 Å². The van der Waals surface area contributed by atoms with Crippen LogP contribution in [0, 0.1) is 0 Å². The molecule has 9 heavy (non-hydrogen) atoms. The van der Waals surface area contributed by atoms with Gasteiger partial charge >= 0.3 is 0 Å². The summed E-state index contributed by atoms with van der Waals surface area (Å²) in [7, 11) is -1.90. The molecule has 0 aromatic heterocycles. The molecule has 0 heterocycles. The molecule has 56 valence electrons. The molecule has 0 saturated carbocycles. The molecule has 0 aliphatic rings. The van der Waals surface area contributed by atoms with E-state index in [2.05, 4.69) is 4.72 Å². The van der Waals surface area contributed by atoms with Crippen LogP contribution >= 0.6 is 0 Å². The Balaban J connectivity index is 3.90. The predicted molar refractivity (Wildman–Crippen MR) is 34.5 cm³/mol. The van der Waals surface area contributed by atoms with Crippen molar-refractivity contribution in [1.29, 1.82) is 0 Å². The molecule has 0 radical (unpaired) electrons. The number of sulfonamides is 1. The molecule has 0 rings (SSSR count). The number of hydrogen-bond acceptors (Lipinski definition) is 3. The largest absolute Gasteiger partial charge is 0.392 e. The molecule has 2 N–H and O–H groups in total. The highest BCUT2D eigenvalue weighted by molar-refractivity contribution is 7.89. The van der Waals surface area contributed by atoms with Crippen LogP contribution in [0.25, 0.3) is 0 Å². The van der Waals surface area contributed by atoms with Gasteiger partial charge in [-0.25, -0.2) is 13.1 Å². The Morgan fingerprint density at radius 2 is 2.11 bits per heavy atom. The van der Waals surface area contributed by atoms with E-state index >= 15 is 0 Å². The Morgan fingerprint density at radius 1 is 1.67 bits per heavy atom. The fourth-order valence-electron chi connectivity index (χ4n) is 0.401. The summed E-state index contributed by atoms with van der Waals surface area (Å²) in [4.78, 5) is 0. The van der Waals surface area contributed by atoms with Gasteiger partial charge in [0.15, 0.2) is 0 Å². The third kappa shape index (κ3) is 4.38. The van der Waals surface area contributed by atoms with Crippen molar-refractivity contribution >= 4 is 10.0 Å². The number of aliphatic hydroxyl groups excluding tert-OH is 1. The van der Waals surface area contributed by atoms with Crippen molar-refractivity contribution in [3.05, 3.63) is 0 Å². The van der Waals surface area contributed by atoms with Crippen molar-refractivity contribution in [2.24, 2.45) is 0 Å². The molecule has 0 unspecified atom stereocenters. The van der Waals surface area contributed by atoms with Crippen molar-refractivity contribution in [3.8, 4) is 0 Å². The Bertz CT molecular complexity index is 161. The number of hydrogen-bond donors (Lipinski definition) is 2. The first kappa shape index (κ1) is 8.87. The second-order valence-corrected chi connectivity index (χ2v) is 3.81. The van der Waals surface area contributed by atoms with E-state index in [-0.39, 0.29) is 5.75 Å². The van der Waals surface area contributed by atoms with Crippen molar-refractivity contribution < 1.29 is 13.5 Å². The van der Waals surface area contributed by atoms with Gasteiger partial charge in [-0.05, 0) is 14.0 Å². The fraction of sp³-hybridized carbons (Fsp3) is 1.00. The third-order valence-corrected chi connectivity index (χ3v) is 2.31. The highest BCUT2D eigenvalue weighted by atomic mass is 32.2. The van der Waals surface area contributed by atoms with Crippen LogP contribution < -0.4 is 4.72 Å². The first-order valence-corrected chi connectivity index (χ1v) is 4.22. The molecule has 0 aliphatic heterocycles. The Morgan fingerprint density at radius 3 is 2.22 bits per heavy atom. The summed E-state index contributed by atoms with van der Waals surface area (Å²) in [5.41, 5.74) is 0. The first-order chi connectivity index (χ1) is 3.98. The summed E-state index contributed by atoms with van der Waals surface area (Å²) in [6.07, 6.45) is -0.803. The van der Waals surface area contributed by atoms with Gasteiger partial charge in [-0.3, -0.25) is 0 Å². The van der Waals surface area contributed by atoms with E-state index in [4.69, 9.17) is 5.11 Å². The molecule has 0 fully saturated rings. The Labute approximate surface area is 54.9 Å². The average molecular weight is 153 g/mol. The van der Waals surface area contributed by atoms with E-state index in [0.717, 1.165) is 0 Å². The van der Waals surface area contributed by atoms with E-state index in [1.807, 2.05) is 0 Å². The molecule has 0 aromatic carbocycles. The average Bonchev–Trinajstić information content (AvgIpc) is 1.63. The van der Waals surface area contributed by atoms with Crippen molar-refractivity contribution in [2.45, 2.75) is 13.0 Å². The maximum Gasteiger partial charge on any atom is 0.213 e. The molecule has 0 spiro atoms. The van der Waals surface area contributed by atoms with Crippen molar-refractivity contribution in [3.63, 3.8) is 0 Å². The summed E-state index contributed by atoms with van der Waals surface area (Å²) < 4.78 is 23.2. The zero-order valence-corrected chi connectivity index (χ0v) is 6.27. The first-order valence-electron chi connectivity index (χ1n) is 2.57. The SMILES string of the molecule is CNS(=O)(=O)C[C@@H](C)O. The normalized spacial score (nSPS) is 15.4. The minimum Gasteiger partial charge on any atom is -0.392 e. The van der Waals surface area contributed by atoms with Gasteiger partial charge in [-0.15, -0.1) is 0 Å². The minimum absolute atomic E-state index is 0.233. The number of aliphatic hydroxyl groups is 1. The second kappa shape index (κ2) is 3.14. The minimum atomic E-state index is -3.22. The number of rotatable bonds is 3. The summed E-state index contributed by atoms with van der Waals surface area (Å²) in [5, 5.41) is 8.60. The van der Waals surface area contributed by atoms with Crippen LogP contribution in [0.2, 0.25) is 0 Å². The summed E-state index contributed by atoms with van der Waals surface area (Å²) in [6.45, 7) is 1.43. The lowest BCUT2D eigenvalue weighted by Gasteiger charge is -2.02. The zero-order chi connectivity index (χ0) is 7.49.